The third kappa shape index (κ3) is 2.57. The molecule has 0 atom stereocenters. The van der Waals surface area contributed by atoms with E-state index in [2.05, 4.69) is 50.2 Å². The number of nitrogens with zero attached hydrogens (tertiary/aromatic N) is 2. The van der Waals surface area contributed by atoms with Crippen molar-refractivity contribution in [2.45, 2.75) is 58.4 Å². The Bertz CT molecular complexity index is 456. The molecular weight excluding hydrogens is 224 g/mol. The molecule has 2 rings (SSSR count). The number of aromatic nitrogens is 2. The van der Waals surface area contributed by atoms with Crippen molar-refractivity contribution in [1.82, 2.24) is 9.97 Å². The van der Waals surface area contributed by atoms with Crippen LogP contribution in [0, 0.1) is 6.92 Å². The standard InChI is InChI=1S/C14H24N4/c1-9-10(15-6)16-12(13(2,3)4)17-11(9)18-14(5)7-8-14/h7-8H2,1-6H3,(H2,15,16,17,18). The maximum absolute atomic E-state index is 4.72. The zero-order valence-corrected chi connectivity index (χ0v) is 12.3. The highest BCUT2D eigenvalue weighted by molar-refractivity contribution is 5.59. The van der Waals surface area contributed by atoms with E-state index in [-0.39, 0.29) is 11.0 Å². The first-order chi connectivity index (χ1) is 8.25. The quantitative estimate of drug-likeness (QED) is 0.863. The van der Waals surface area contributed by atoms with Gasteiger partial charge in [0.05, 0.1) is 0 Å². The Morgan fingerprint density at radius 1 is 1.11 bits per heavy atom. The van der Waals surface area contributed by atoms with E-state index in [1.165, 1.54) is 12.8 Å². The van der Waals surface area contributed by atoms with Crippen LogP contribution in [0.1, 0.15) is 51.9 Å². The molecule has 0 aromatic carbocycles. The van der Waals surface area contributed by atoms with E-state index in [0.717, 1.165) is 23.0 Å². The summed E-state index contributed by atoms with van der Waals surface area (Å²) in [5, 5.41) is 6.72. The summed E-state index contributed by atoms with van der Waals surface area (Å²) < 4.78 is 0. The maximum Gasteiger partial charge on any atom is 0.138 e. The van der Waals surface area contributed by atoms with Gasteiger partial charge in [-0.15, -0.1) is 0 Å². The number of anilines is 2. The third-order valence-electron chi connectivity index (χ3n) is 3.47. The summed E-state index contributed by atoms with van der Waals surface area (Å²) in [6.45, 7) is 10.7. The van der Waals surface area contributed by atoms with E-state index in [1.807, 2.05) is 7.05 Å². The van der Waals surface area contributed by atoms with Gasteiger partial charge < -0.3 is 10.6 Å². The minimum absolute atomic E-state index is 0.0415. The zero-order valence-electron chi connectivity index (χ0n) is 12.3. The lowest BCUT2D eigenvalue weighted by Crippen LogP contribution is -2.23. The molecule has 0 unspecified atom stereocenters. The molecule has 0 radical (unpaired) electrons. The number of hydrogen-bond acceptors (Lipinski definition) is 4. The highest BCUT2D eigenvalue weighted by Gasteiger charge is 2.38. The lowest BCUT2D eigenvalue weighted by atomic mass is 9.95. The van der Waals surface area contributed by atoms with Gasteiger partial charge in [-0.25, -0.2) is 9.97 Å². The summed E-state index contributed by atoms with van der Waals surface area (Å²) in [5.41, 5.74) is 1.29. The summed E-state index contributed by atoms with van der Waals surface area (Å²) in [6.07, 6.45) is 2.44. The van der Waals surface area contributed by atoms with Gasteiger partial charge in [0.15, 0.2) is 0 Å². The predicted octanol–water partition coefficient (Wildman–Crippen LogP) is 3.09. The molecule has 0 spiro atoms. The molecule has 4 heteroatoms. The molecule has 1 aromatic rings. The largest absolute Gasteiger partial charge is 0.373 e. The minimum Gasteiger partial charge on any atom is -0.373 e. The van der Waals surface area contributed by atoms with Gasteiger partial charge >= 0.3 is 0 Å². The molecule has 1 aromatic heterocycles. The minimum atomic E-state index is -0.0415. The topological polar surface area (TPSA) is 49.8 Å². The van der Waals surface area contributed by atoms with Crippen LogP contribution < -0.4 is 10.6 Å². The second-order valence-corrected chi connectivity index (χ2v) is 6.56. The van der Waals surface area contributed by atoms with Crippen LogP contribution in [0.2, 0.25) is 0 Å². The molecule has 1 saturated carbocycles. The SMILES string of the molecule is CNc1nc(C(C)(C)C)nc(NC2(C)CC2)c1C. The van der Waals surface area contributed by atoms with Crippen LogP contribution >= 0.6 is 0 Å². The lowest BCUT2D eigenvalue weighted by Gasteiger charge is -2.22. The number of rotatable bonds is 3. The first-order valence-electron chi connectivity index (χ1n) is 6.60. The highest BCUT2D eigenvalue weighted by Crippen LogP contribution is 2.39. The fourth-order valence-corrected chi connectivity index (χ4v) is 1.82. The smallest absolute Gasteiger partial charge is 0.138 e. The fourth-order valence-electron chi connectivity index (χ4n) is 1.82. The molecule has 1 heterocycles. The lowest BCUT2D eigenvalue weighted by molar-refractivity contribution is 0.545. The molecule has 1 fully saturated rings. The van der Waals surface area contributed by atoms with Gasteiger partial charge in [-0.3, -0.25) is 0 Å². The zero-order chi connectivity index (χ0) is 13.6. The molecule has 100 valence electrons. The number of hydrogen-bond donors (Lipinski definition) is 2. The molecule has 2 N–H and O–H groups in total. The van der Waals surface area contributed by atoms with Gasteiger partial charge in [0.2, 0.25) is 0 Å². The summed E-state index contributed by atoms with van der Waals surface area (Å²) in [4.78, 5) is 9.33. The Labute approximate surface area is 110 Å². The van der Waals surface area contributed by atoms with Crippen molar-refractivity contribution in [2.24, 2.45) is 0 Å². The Kier molecular flexibility index (Phi) is 2.99. The Hall–Kier alpha value is -1.32. The average molecular weight is 248 g/mol. The molecule has 0 amide bonds. The van der Waals surface area contributed by atoms with E-state index in [9.17, 15) is 0 Å². The van der Waals surface area contributed by atoms with Crippen molar-refractivity contribution in [2.75, 3.05) is 17.7 Å². The van der Waals surface area contributed by atoms with Crippen molar-refractivity contribution >= 4 is 11.6 Å². The van der Waals surface area contributed by atoms with Crippen LogP contribution in [-0.4, -0.2) is 22.6 Å². The highest BCUT2D eigenvalue weighted by atomic mass is 15.1. The monoisotopic (exact) mass is 248 g/mol. The van der Waals surface area contributed by atoms with Crippen LogP contribution in [0.5, 0.6) is 0 Å². The Morgan fingerprint density at radius 3 is 2.11 bits per heavy atom. The van der Waals surface area contributed by atoms with Crippen molar-refractivity contribution in [3.8, 4) is 0 Å². The van der Waals surface area contributed by atoms with E-state index in [0.29, 0.717) is 0 Å². The van der Waals surface area contributed by atoms with Crippen molar-refractivity contribution < 1.29 is 0 Å². The molecule has 18 heavy (non-hydrogen) atoms. The van der Waals surface area contributed by atoms with E-state index in [4.69, 9.17) is 4.98 Å². The average Bonchev–Trinajstić information content (AvgIpc) is 2.98. The molecule has 0 aliphatic heterocycles. The van der Waals surface area contributed by atoms with E-state index < -0.39 is 0 Å². The van der Waals surface area contributed by atoms with Crippen LogP contribution in [0.4, 0.5) is 11.6 Å². The molecule has 1 aliphatic rings. The van der Waals surface area contributed by atoms with Crippen molar-refractivity contribution in [3.63, 3.8) is 0 Å². The maximum atomic E-state index is 4.72. The van der Waals surface area contributed by atoms with Crippen LogP contribution in [0.15, 0.2) is 0 Å². The Morgan fingerprint density at radius 2 is 1.67 bits per heavy atom. The van der Waals surface area contributed by atoms with E-state index >= 15 is 0 Å². The second kappa shape index (κ2) is 4.11. The van der Waals surface area contributed by atoms with Gasteiger partial charge in [-0.05, 0) is 26.7 Å². The van der Waals surface area contributed by atoms with Crippen LogP contribution in [0.25, 0.3) is 0 Å². The van der Waals surface area contributed by atoms with Gasteiger partial charge in [-0.2, -0.15) is 0 Å². The van der Waals surface area contributed by atoms with Crippen LogP contribution in [0.3, 0.4) is 0 Å². The molecular formula is C14H24N4. The van der Waals surface area contributed by atoms with Gasteiger partial charge in [0.1, 0.15) is 17.5 Å². The first-order valence-corrected chi connectivity index (χ1v) is 6.60. The van der Waals surface area contributed by atoms with Gasteiger partial charge in [0, 0.05) is 23.6 Å². The number of nitrogens with one attached hydrogen (secondary N) is 2. The molecule has 0 saturated heterocycles. The van der Waals surface area contributed by atoms with Gasteiger partial charge in [0.25, 0.3) is 0 Å². The predicted molar refractivity (Wildman–Crippen MR) is 76.3 cm³/mol. The molecule has 4 nitrogen and oxygen atoms in total. The Balaban J connectivity index is 2.43. The first kappa shape index (κ1) is 13.1. The fraction of sp³-hybridized carbons (Fsp3) is 0.714. The van der Waals surface area contributed by atoms with E-state index in [1.54, 1.807) is 0 Å². The summed E-state index contributed by atoms with van der Waals surface area (Å²) in [7, 11) is 1.91. The second-order valence-electron chi connectivity index (χ2n) is 6.56. The normalized spacial score (nSPS) is 17.4. The molecule has 1 aliphatic carbocycles. The van der Waals surface area contributed by atoms with Gasteiger partial charge in [-0.1, -0.05) is 20.8 Å². The van der Waals surface area contributed by atoms with Crippen molar-refractivity contribution in [3.05, 3.63) is 11.4 Å². The van der Waals surface area contributed by atoms with Crippen LogP contribution in [-0.2, 0) is 5.41 Å². The summed E-state index contributed by atoms with van der Waals surface area (Å²) in [5.74, 6) is 2.77. The van der Waals surface area contributed by atoms with Crippen molar-refractivity contribution in [1.29, 1.82) is 0 Å². The summed E-state index contributed by atoms with van der Waals surface area (Å²) >= 11 is 0. The molecule has 0 bridgehead atoms. The summed E-state index contributed by atoms with van der Waals surface area (Å²) in [6, 6.07) is 0. The third-order valence-corrected chi connectivity index (χ3v) is 3.47.